The van der Waals surface area contributed by atoms with Gasteiger partial charge in [-0.25, -0.2) is 0 Å². The highest BCUT2D eigenvalue weighted by Gasteiger charge is 2.23. The molecular weight excluding hydrogens is 262 g/mol. The predicted molar refractivity (Wildman–Crippen MR) is 84.2 cm³/mol. The lowest BCUT2D eigenvalue weighted by Gasteiger charge is -2.23. The molecule has 2 aromatic carbocycles. The van der Waals surface area contributed by atoms with Gasteiger partial charge >= 0.3 is 5.97 Å². The minimum Gasteiger partial charge on any atom is -0.480 e. The Kier molecular flexibility index (Phi) is 5.12. The van der Waals surface area contributed by atoms with Crippen molar-refractivity contribution in [2.45, 2.75) is 32.4 Å². The van der Waals surface area contributed by atoms with Gasteiger partial charge in [-0.1, -0.05) is 67.1 Å². The molecule has 0 heterocycles. The lowest BCUT2D eigenvalue weighted by Crippen LogP contribution is -2.31. The minimum absolute atomic E-state index is 0.0203. The summed E-state index contributed by atoms with van der Waals surface area (Å²) in [6.45, 7) is 4.10. The van der Waals surface area contributed by atoms with Crippen molar-refractivity contribution in [2.24, 2.45) is 0 Å². The van der Waals surface area contributed by atoms with Crippen molar-refractivity contribution in [3.05, 3.63) is 71.3 Å². The summed E-state index contributed by atoms with van der Waals surface area (Å²) in [6.07, 6.45) is 0.833. The molecule has 0 radical (unpaired) electrons. The second-order valence-electron chi connectivity index (χ2n) is 5.22. The highest BCUT2D eigenvalue weighted by molar-refractivity contribution is 5.75. The molecule has 2 unspecified atom stereocenters. The molecular formula is C18H21NO2. The van der Waals surface area contributed by atoms with Crippen molar-refractivity contribution >= 4 is 5.97 Å². The Hall–Kier alpha value is -2.13. The average Bonchev–Trinajstić information content (AvgIpc) is 2.50. The number of hydrogen-bond donors (Lipinski definition) is 2. The normalized spacial score (nSPS) is 13.6. The Labute approximate surface area is 125 Å². The van der Waals surface area contributed by atoms with E-state index in [1.54, 1.807) is 0 Å². The quantitative estimate of drug-likeness (QED) is 0.846. The molecule has 2 N–H and O–H groups in total. The molecule has 2 atom stereocenters. The lowest BCUT2D eigenvalue weighted by molar-refractivity contribution is -0.139. The maximum Gasteiger partial charge on any atom is 0.325 e. The molecule has 0 fully saturated rings. The Balaban J connectivity index is 2.22. The van der Waals surface area contributed by atoms with E-state index in [0.29, 0.717) is 0 Å². The second-order valence-corrected chi connectivity index (χ2v) is 5.22. The summed E-state index contributed by atoms with van der Waals surface area (Å²) in [4.78, 5) is 11.6. The summed E-state index contributed by atoms with van der Waals surface area (Å²) < 4.78 is 0. The smallest absolute Gasteiger partial charge is 0.325 e. The molecule has 21 heavy (non-hydrogen) atoms. The zero-order valence-electron chi connectivity index (χ0n) is 12.4. The molecule has 3 nitrogen and oxygen atoms in total. The first-order chi connectivity index (χ1) is 10.1. The molecule has 0 aliphatic rings. The zero-order chi connectivity index (χ0) is 15.2. The Morgan fingerprint density at radius 2 is 1.67 bits per heavy atom. The van der Waals surface area contributed by atoms with Gasteiger partial charge in [0.05, 0.1) is 0 Å². The van der Waals surface area contributed by atoms with Crippen molar-refractivity contribution < 1.29 is 9.90 Å². The van der Waals surface area contributed by atoms with E-state index in [1.807, 2.05) is 37.3 Å². The maximum atomic E-state index is 11.6. The van der Waals surface area contributed by atoms with Gasteiger partial charge in [0, 0.05) is 6.04 Å². The Morgan fingerprint density at radius 3 is 2.19 bits per heavy atom. The minimum atomic E-state index is -0.855. The Bertz CT molecular complexity index is 578. The van der Waals surface area contributed by atoms with Crippen LogP contribution in [0.5, 0.6) is 0 Å². The highest BCUT2D eigenvalue weighted by atomic mass is 16.4. The van der Waals surface area contributed by atoms with E-state index in [4.69, 9.17) is 0 Å². The number of rotatable bonds is 6. The fourth-order valence-electron chi connectivity index (χ4n) is 2.41. The number of hydrogen-bond acceptors (Lipinski definition) is 2. The summed E-state index contributed by atoms with van der Waals surface area (Å²) in [5.41, 5.74) is 3.09. The van der Waals surface area contributed by atoms with Gasteiger partial charge in [-0.2, -0.15) is 0 Å². The summed E-state index contributed by atoms with van der Waals surface area (Å²) in [7, 11) is 0. The monoisotopic (exact) mass is 283 g/mol. The van der Waals surface area contributed by atoms with Gasteiger partial charge in [-0.3, -0.25) is 10.1 Å². The van der Waals surface area contributed by atoms with Gasteiger partial charge in [0.15, 0.2) is 0 Å². The van der Waals surface area contributed by atoms with Gasteiger partial charge in [-0.05, 0) is 24.5 Å². The topological polar surface area (TPSA) is 49.3 Å². The molecule has 0 amide bonds. The first-order valence-electron chi connectivity index (χ1n) is 7.22. The van der Waals surface area contributed by atoms with Gasteiger partial charge in [0.1, 0.15) is 6.04 Å². The molecule has 0 bridgehead atoms. The highest BCUT2D eigenvalue weighted by Crippen LogP contribution is 2.23. The number of benzene rings is 2. The van der Waals surface area contributed by atoms with E-state index >= 15 is 0 Å². The van der Waals surface area contributed by atoms with Crippen molar-refractivity contribution in [3.63, 3.8) is 0 Å². The first kappa shape index (κ1) is 15.3. The van der Waals surface area contributed by atoms with Crippen LogP contribution >= 0.6 is 0 Å². The Morgan fingerprint density at radius 1 is 1.05 bits per heavy atom. The summed E-state index contributed by atoms with van der Waals surface area (Å²) in [5.74, 6) is -0.855. The van der Waals surface area contributed by atoms with E-state index in [0.717, 1.165) is 17.5 Å². The van der Waals surface area contributed by atoms with Gasteiger partial charge < -0.3 is 5.11 Å². The van der Waals surface area contributed by atoms with E-state index in [9.17, 15) is 9.90 Å². The zero-order valence-corrected chi connectivity index (χ0v) is 12.4. The first-order valence-corrected chi connectivity index (χ1v) is 7.22. The van der Waals surface area contributed by atoms with Gasteiger partial charge in [-0.15, -0.1) is 0 Å². The van der Waals surface area contributed by atoms with Gasteiger partial charge in [0.2, 0.25) is 0 Å². The van der Waals surface area contributed by atoms with Crippen molar-refractivity contribution in [1.29, 1.82) is 0 Å². The third-order valence-corrected chi connectivity index (χ3v) is 3.64. The number of carboxylic acids is 1. The number of carbonyl (C=O) groups is 1. The molecule has 2 aromatic rings. The third kappa shape index (κ3) is 3.92. The van der Waals surface area contributed by atoms with Crippen molar-refractivity contribution in [1.82, 2.24) is 5.32 Å². The molecule has 0 saturated carbocycles. The van der Waals surface area contributed by atoms with E-state index in [1.165, 1.54) is 5.56 Å². The maximum absolute atomic E-state index is 11.6. The fraction of sp³-hybridized carbons (Fsp3) is 0.278. The van der Waals surface area contributed by atoms with Crippen molar-refractivity contribution in [2.75, 3.05) is 0 Å². The number of nitrogens with one attached hydrogen (secondary N) is 1. The van der Waals surface area contributed by atoms with Crippen LogP contribution < -0.4 is 5.32 Å². The number of aryl methyl sites for hydroxylation is 1. The lowest BCUT2D eigenvalue weighted by atomic mass is 10.00. The summed E-state index contributed by atoms with van der Waals surface area (Å²) >= 11 is 0. The van der Waals surface area contributed by atoms with Crippen LogP contribution in [0.1, 0.15) is 42.1 Å². The molecule has 3 heteroatoms. The van der Waals surface area contributed by atoms with E-state index < -0.39 is 12.0 Å². The number of carboxylic acid groups (broad SMARTS) is 1. The predicted octanol–water partition coefficient (Wildman–Crippen LogP) is 3.86. The van der Waals surface area contributed by atoms with Crippen LogP contribution in [0, 0.1) is 6.92 Å². The van der Waals surface area contributed by atoms with E-state index in [2.05, 4.69) is 36.5 Å². The van der Waals surface area contributed by atoms with Crippen LogP contribution in [-0.4, -0.2) is 11.1 Å². The van der Waals surface area contributed by atoms with Crippen LogP contribution in [0.3, 0.4) is 0 Å². The van der Waals surface area contributed by atoms with Crippen LogP contribution in [0.15, 0.2) is 54.6 Å². The van der Waals surface area contributed by atoms with Crippen LogP contribution in [0.2, 0.25) is 0 Å². The largest absolute Gasteiger partial charge is 0.480 e. The number of aliphatic carboxylic acids is 1. The average molecular weight is 283 g/mol. The van der Waals surface area contributed by atoms with Crippen LogP contribution in [0.4, 0.5) is 0 Å². The molecule has 0 aliphatic carbocycles. The van der Waals surface area contributed by atoms with Crippen LogP contribution in [0.25, 0.3) is 0 Å². The second kappa shape index (κ2) is 7.04. The molecule has 2 rings (SSSR count). The fourth-order valence-corrected chi connectivity index (χ4v) is 2.41. The molecule has 0 aromatic heterocycles. The standard InChI is InChI=1S/C18H21NO2/c1-3-16(14-11-9-13(2)10-12-14)19-17(18(20)21)15-7-5-4-6-8-15/h4-12,16-17,19H,3H2,1-2H3,(H,20,21). The van der Waals surface area contributed by atoms with Crippen molar-refractivity contribution in [3.8, 4) is 0 Å². The third-order valence-electron chi connectivity index (χ3n) is 3.64. The molecule has 0 spiro atoms. The SMILES string of the molecule is CCC(NC(C(=O)O)c1ccccc1)c1ccc(C)cc1. The summed E-state index contributed by atoms with van der Waals surface area (Å²) in [6, 6.07) is 16.8. The molecule has 0 saturated heterocycles. The van der Waals surface area contributed by atoms with Gasteiger partial charge in [0.25, 0.3) is 0 Å². The summed E-state index contributed by atoms with van der Waals surface area (Å²) in [5, 5.41) is 12.8. The van der Waals surface area contributed by atoms with E-state index in [-0.39, 0.29) is 6.04 Å². The molecule has 0 aliphatic heterocycles. The van der Waals surface area contributed by atoms with Crippen LogP contribution in [-0.2, 0) is 4.79 Å². The molecule has 110 valence electrons.